The highest BCUT2D eigenvalue weighted by molar-refractivity contribution is 5.76. The van der Waals surface area contributed by atoms with Gasteiger partial charge in [0.05, 0.1) is 5.69 Å². The summed E-state index contributed by atoms with van der Waals surface area (Å²) in [5.41, 5.74) is 1.58. The molecule has 82 valence electrons. The second kappa shape index (κ2) is 4.13. The van der Waals surface area contributed by atoms with Gasteiger partial charge >= 0.3 is 0 Å². The van der Waals surface area contributed by atoms with E-state index in [0.29, 0.717) is 0 Å². The van der Waals surface area contributed by atoms with E-state index in [-0.39, 0.29) is 0 Å². The Hall–Kier alpha value is -2.56. The minimum atomic E-state index is 0.744. The molecule has 0 radical (unpaired) electrons. The standard InChI is InChI=1S/C12H9N5/c1-2-10-3-4-11(16-12(10)14-6-1)5-7-17-9-13-8-15-17/h1-9H. The van der Waals surface area contributed by atoms with Crippen molar-refractivity contribution in [1.29, 1.82) is 0 Å². The fourth-order valence-corrected chi connectivity index (χ4v) is 1.51. The summed E-state index contributed by atoms with van der Waals surface area (Å²) in [5.74, 6) is 0. The SMILES string of the molecule is C(=Cn1cncn1)c1ccc2cccnc2n1. The lowest BCUT2D eigenvalue weighted by atomic mass is 10.2. The third-order valence-corrected chi connectivity index (χ3v) is 2.32. The van der Waals surface area contributed by atoms with Crippen LogP contribution in [-0.2, 0) is 0 Å². The van der Waals surface area contributed by atoms with E-state index in [1.807, 2.05) is 30.3 Å². The molecule has 0 aliphatic carbocycles. The maximum Gasteiger partial charge on any atom is 0.159 e. The molecular formula is C12H9N5. The monoisotopic (exact) mass is 223 g/mol. The Morgan fingerprint density at radius 3 is 3.06 bits per heavy atom. The van der Waals surface area contributed by atoms with E-state index in [1.54, 1.807) is 23.4 Å². The molecule has 0 aromatic carbocycles. The van der Waals surface area contributed by atoms with Crippen LogP contribution in [-0.4, -0.2) is 24.7 Å². The second-order valence-electron chi connectivity index (χ2n) is 3.48. The number of pyridine rings is 2. The normalized spacial score (nSPS) is 11.3. The van der Waals surface area contributed by atoms with Crippen LogP contribution in [0.4, 0.5) is 0 Å². The molecule has 0 unspecified atom stereocenters. The van der Waals surface area contributed by atoms with Crippen LogP contribution in [0.1, 0.15) is 5.69 Å². The second-order valence-corrected chi connectivity index (χ2v) is 3.48. The highest BCUT2D eigenvalue weighted by Crippen LogP contribution is 2.10. The molecule has 0 saturated carbocycles. The van der Waals surface area contributed by atoms with E-state index in [1.165, 1.54) is 6.33 Å². The fraction of sp³-hybridized carbons (Fsp3) is 0. The van der Waals surface area contributed by atoms with Crippen LogP contribution < -0.4 is 0 Å². The molecule has 0 aliphatic rings. The van der Waals surface area contributed by atoms with Gasteiger partial charge in [0.1, 0.15) is 12.7 Å². The van der Waals surface area contributed by atoms with E-state index in [4.69, 9.17) is 0 Å². The highest BCUT2D eigenvalue weighted by Gasteiger charge is 1.95. The van der Waals surface area contributed by atoms with Gasteiger partial charge in [-0.2, -0.15) is 5.10 Å². The quantitative estimate of drug-likeness (QED) is 0.665. The zero-order valence-electron chi connectivity index (χ0n) is 8.93. The van der Waals surface area contributed by atoms with Gasteiger partial charge in [-0.05, 0) is 30.3 Å². The molecule has 0 N–H and O–H groups in total. The first-order valence-corrected chi connectivity index (χ1v) is 5.16. The molecule has 0 atom stereocenters. The van der Waals surface area contributed by atoms with Gasteiger partial charge in [0.25, 0.3) is 0 Å². The minimum absolute atomic E-state index is 0.744. The Labute approximate surface area is 97.5 Å². The van der Waals surface area contributed by atoms with Crippen LogP contribution in [0.2, 0.25) is 0 Å². The van der Waals surface area contributed by atoms with Gasteiger partial charge in [0, 0.05) is 17.8 Å². The molecule has 0 saturated heterocycles. The molecule has 3 heterocycles. The Morgan fingerprint density at radius 1 is 1.18 bits per heavy atom. The fourth-order valence-electron chi connectivity index (χ4n) is 1.51. The predicted octanol–water partition coefficient (Wildman–Crippen LogP) is 1.85. The van der Waals surface area contributed by atoms with Crippen LogP contribution in [0.25, 0.3) is 23.3 Å². The Morgan fingerprint density at radius 2 is 2.18 bits per heavy atom. The van der Waals surface area contributed by atoms with E-state index < -0.39 is 0 Å². The van der Waals surface area contributed by atoms with Crippen LogP contribution in [0, 0.1) is 0 Å². The summed E-state index contributed by atoms with van der Waals surface area (Å²) >= 11 is 0. The van der Waals surface area contributed by atoms with Gasteiger partial charge < -0.3 is 0 Å². The van der Waals surface area contributed by atoms with Crippen molar-refractivity contribution in [3.8, 4) is 0 Å². The number of nitrogens with zero attached hydrogens (tertiary/aromatic N) is 5. The zero-order valence-corrected chi connectivity index (χ0v) is 8.93. The molecule has 5 heteroatoms. The molecule has 0 amide bonds. The van der Waals surface area contributed by atoms with Crippen LogP contribution in [0.15, 0.2) is 43.1 Å². The third-order valence-electron chi connectivity index (χ3n) is 2.32. The lowest BCUT2D eigenvalue weighted by Gasteiger charge is -1.97. The summed E-state index contributed by atoms with van der Waals surface area (Å²) < 4.78 is 1.62. The summed E-state index contributed by atoms with van der Waals surface area (Å²) in [6.07, 6.45) is 8.50. The molecule has 0 aliphatic heterocycles. The molecule has 3 aromatic heterocycles. The Balaban J connectivity index is 1.96. The maximum absolute atomic E-state index is 4.42. The van der Waals surface area contributed by atoms with Gasteiger partial charge in [-0.15, -0.1) is 0 Å². The zero-order chi connectivity index (χ0) is 11.5. The lowest BCUT2D eigenvalue weighted by Crippen LogP contribution is -1.88. The van der Waals surface area contributed by atoms with Crippen molar-refractivity contribution >= 4 is 23.3 Å². The summed E-state index contributed by atoms with van der Waals surface area (Å²) in [4.78, 5) is 12.5. The number of hydrogen-bond acceptors (Lipinski definition) is 4. The summed E-state index contributed by atoms with van der Waals surface area (Å²) in [6.45, 7) is 0. The van der Waals surface area contributed by atoms with Gasteiger partial charge in [-0.3, -0.25) is 0 Å². The molecule has 0 bridgehead atoms. The molecule has 0 fully saturated rings. The Bertz CT molecular complexity index is 657. The van der Waals surface area contributed by atoms with E-state index in [0.717, 1.165) is 16.7 Å². The molecule has 3 rings (SSSR count). The molecule has 0 spiro atoms. The number of fused-ring (bicyclic) bond motifs is 1. The first kappa shape index (κ1) is 9.65. The topological polar surface area (TPSA) is 56.5 Å². The smallest absolute Gasteiger partial charge is 0.159 e. The van der Waals surface area contributed by atoms with E-state index in [2.05, 4.69) is 20.1 Å². The van der Waals surface area contributed by atoms with Gasteiger partial charge in [-0.1, -0.05) is 0 Å². The van der Waals surface area contributed by atoms with Crippen molar-refractivity contribution in [2.45, 2.75) is 0 Å². The number of aromatic nitrogens is 5. The number of rotatable bonds is 2. The third kappa shape index (κ3) is 2.03. The van der Waals surface area contributed by atoms with E-state index >= 15 is 0 Å². The Kier molecular flexibility index (Phi) is 2.34. The van der Waals surface area contributed by atoms with Crippen molar-refractivity contribution in [2.24, 2.45) is 0 Å². The van der Waals surface area contributed by atoms with Gasteiger partial charge in [0.2, 0.25) is 0 Å². The van der Waals surface area contributed by atoms with E-state index in [9.17, 15) is 0 Å². The molecule has 5 nitrogen and oxygen atoms in total. The summed E-state index contributed by atoms with van der Waals surface area (Å²) in [6, 6.07) is 7.82. The van der Waals surface area contributed by atoms with Crippen molar-refractivity contribution in [1.82, 2.24) is 24.7 Å². The first-order chi connectivity index (χ1) is 8.42. The van der Waals surface area contributed by atoms with Crippen LogP contribution in [0.3, 0.4) is 0 Å². The molecule has 3 aromatic rings. The minimum Gasteiger partial charge on any atom is -0.237 e. The average molecular weight is 223 g/mol. The van der Waals surface area contributed by atoms with Crippen molar-refractivity contribution in [3.63, 3.8) is 0 Å². The van der Waals surface area contributed by atoms with Crippen molar-refractivity contribution in [3.05, 3.63) is 48.8 Å². The summed E-state index contributed by atoms with van der Waals surface area (Å²) in [5, 5.41) is 5.00. The van der Waals surface area contributed by atoms with Gasteiger partial charge in [-0.25, -0.2) is 19.6 Å². The van der Waals surface area contributed by atoms with Crippen molar-refractivity contribution in [2.75, 3.05) is 0 Å². The largest absolute Gasteiger partial charge is 0.237 e. The lowest BCUT2D eigenvalue weighted by molar-refractivity contribution is 0.936. The number of hydrogen-bond donors (Lipinski definition) is 0. The molecule has 17 heavy (non-hydrogen) atoms. The van der Waals surface area contributed by atoms with Crippen LogP contribution >= 0.6 is 0 Å². The van der Waals surface area contributed by atoms with Crippen LogP contribution in [0.5, 0.6) is 0 Å². The first-order valence-electron chi connectivity index (χ1n) is 5.16. The average Bonchev–Trinajstić information content (AvgIpc) is 2.89. The van der Waals surface area contributed by atoms with Crippen molar-refractivity contribution < 1.29 is 0 Å². The molecular weight excluding hydrogens is 214 g/mol. The highest BCUT2D eigenvalue weighted by atomic mass is 15.3. The summed E-state index contributed by atoms with van der Waals surface area (Å²) in [7, 11) is 0. The maximum atomic E-state index is 4.42. The van der Waals surface area contributed by atoms with Gasteiger partial charge in [0.15, 0.2) is 5.65 Å². The predicted molar refractivity (Wildman–Crippen MR) is 64.8 cm³/mol.